The molecule has 0 aliphatic carbocycles. The molecule has 0 bridgehead atoms. The molecule has 0 atom stereocenters. The first kappa shape index (κ1) is 59.5. The predicted molar refractivity (Wildman–Crippen MR) is 267 cm³/mol. The number of rotatable bonds is 47. The van der Waals surface area contributed by atoms with Gasteiger partial charge in [0.05, 0.1) is 0 Å². The molecule has 0 radical (unpaired) electrons. The quantitative estimate of drug-likeness (QED) is 0.0262. The molecule has 0 aromatic carbocycles. The molecule has 7 heteroatoms. The van der Waals surface area contributed by atoms with Crippen LogP contribution in [0.15, 0.2) is 24.3 Å². The highest BCUT2D eigenvalue weighted by Gasteiger charge is 2.17. The van der Waals surface area contributed by atoms with E-state index in [0.717, 1.165) is 57.4 Å². The first-order valence-corrected chi connectivity index (χ1v) is 28.0. The summed E-state index contributed by atoms with van der Waals surface area (Å²) in [6.45, 7) is 10.8. The van der Waals surface area contributed by atoms with Gasteiger partial charge in [-0.1, -0.05) is 193 Å². The van der Waals surface area contributed by atoms with Crippen molar-refractivity contribution in [2.45, 2.75) is 246 Å². The number of unbranched alkanes of at least 4 members (excludes halogenated alkanes) is 20. The van der Waals surface area contributed by atoms with E-state index in [2.05, 4.69) is 71.0 Å². The molecule has 0 aromatic rings. The van der Waals surface area contributed by atoms with Gasteiger partial charge in [0.2, 0.25) is 0 Å². The van der Waals surface area contributed by atoms with E-state index >= 15 is 0 Å². The first-order chi connectivity index (χ1) is 29.8. The standard InChI is InChI=1S/C54H102NO5P/c1-7-11-25-36-50(37-26-12-8-2)40-34-46-59-52(56)42-29-21-17-15-19-23-31-48-61(54(58)44-33-45-55(5)6)49-32-24-20-16-18-22-30-43-53(57)60-47-35-41-51(38-27-13-9-3)39-28-14-10-4/h34-35,40-41,50-51H,7-33,36-39,42-49H2,1-6H3/b40-34-,41-35-. The zero-order valence-electron chi connectivity index (χ0n) is 41.5. The number of allylic oxidation sites excluding steroid dienone is 2. The Kier molecular flexibility index (Phi) is 45.3. The third kappa shape index (κ3) is 42.2. The van der Waals surface area contributed by atoms with E-state index in [9.17, 15) is 14.4 Å². The molecular formula is C54H102NO5P. The van der Waals surface area contributed by atoms with Crippen LogP contribution in [-0.2, 0) is 23.9 Å². The fourth-order valence-corrected chi connectivity index (χ4v) is 10.6. The second-order valence-corrected chi connectivity index (χ2v) is 20.9. The number of esters is 2. The van der Waals surface area contributed by atoms with E-state index < -0.39 is 7.92 Å². The Morgan fingerprint density at radius 1 is 0.443 bits per heavy atom. The van der Waals surface area contributed by atoms with E-state index in [-0.39, 0.29) is 11.9 Å². The third-order valence-corrected chi connectivity index (χ3v) is 14.8. The second kappa shape index (κ2) is 46.5. The molecule has 0 N–H and O–H groups in total. The van der Waals surface area contributed by atoms with E-state index in [0.29, 0.717) is 43.4 Å². The zero-order valence-corrected chi connectivity index (χ0v) is 42.4. The Labute approximate surface area is 381 Å². The molecule has 0 rings (SSSR count). The first-order valence-electron chi connectivity index (χ1n) is 26.3. The van der Waals surface area contributed by atoms with Crippen LogP contribution in [0.25, 0.3) is 0 Å². The Hall–Kier alpha value is -1.52. The van der Waals surface area contributed by atoms with Gasteiger partial charge in [-0.3, -0.25) is 14.4 Å². The van der Waals surface area contributed by atoms with Crippen molar-refractivity contribution in [2.75, 3.05) is 46.2 Å². The molecular weight excluding hydrogens is 774 g/mol. The highest BCUT2D eigenvalue weighted by molar-refractivity contribution is 7.74. The van der Waals surface area contributed by atoms with Gasteiger partial charge in [-0.05, 0) is 111 Å². The minimum Gasteiger partial charge on any atom is -0.461 e. The van der Waals surface area contributed by atoms with Gasteiger partial charge in [-0.25, -0.2) is 0 Å². The predicted octanol–water partition coefficient (Wildman–Crippen LogP) is 16.3. The van der Waals surface area contributed by atoms with Crippen molar-refractivity contribution in [1.29, 1.82) is 0 Å². The summed E-state index contributed by atoms with van der Waals surface area (Å²) >= 11 is 0. The van der Waals surface area contributed by atoms with Gasteiger partial charge < -0.3 is 14.4 Å². The molecule has 0 unspecified atom stereocenters. The number of carbonyl (C=O) groups is 3. The monoisotopic (exact) mass is 876 g/mol. The van der Waals surface area contributed by atoms with E-state index in [1.165, 1.54) is 167 Å². The average molecular weight is 876 g/mol. The lowest BCUT2D eigenvalue weighted by molar-refractivity contribution is -0.143. The van der Waals surface area contributed by atoms with Crippen LogP contribution in [0.5, 0.6) is 0 Å². The SMILES string of the molecule is CCCCCC(/C=C\COC(=O)CCCCCCCCCP(CCCCCCCCCC(=O)OC/C=C\C(CCCCC)CCCCC)C(=O)CCCN(C)C)CCCCC. The van der Waals surface area contributed by atoms with Crippen molar-refractivity contribution < 1.29 is 23.9 Å². The van der Waals surface area contributed by atoms with Crippen LogP contribution in [0.2, 0.25) is 0 Å². The van der Waals surface area contributed by atoms with Crippen LogP contribution in [0.4, 0.5) is 0 Å². The van der Waals surface area contributed by atoms with Crippen LogP contribution in [0, 0.1) is 11.8 Å². The molecule has 0 spiro atoms. The number of ether oxygens (including phenoxy) is 2. The molecule has 0 aliphatic rings. The molecule has 0 aromatic heterocycles. The summed E-state index contributed by atoms with van der Waals surface area (Å²) in [4.78, 5) is 40.0. The van der Waals surface area contributed by atoms with Crippen molar-refractivity contribution >= 4 is 25.4 Å². The second-order valence-electron chi connectivity index (χ2n) is 18.5. The van der Waals surface area contributed by atoms with Crippen molar-refractivity contribution in [3.63, 3.8) is 0 Å². The van der Waals surface area contributed by atoms with Crippen LogP contribution in [0.1, 0.15) is 246 Å². The van der Waals surface area contributed by atoms with Crippen LogP contribution in [0.3, 0.4) is 0 Å². The van der Waals surface area contributed by atoms with Gasteiger partial charge >= 0.3 is 11.9 Å². The molecule has 0 saturated carbocycles. The molecule has 0 aliphatic heterocycles. The number of nitrogens with zero attached hydrogens (tertiary/aromatic N) is 1. The largest absolute Gasteiger partial charge is 0.461 e. The fraction of sp³-hybridized carbons (Fsp3) is 0.870. The zero-order chi connectivity index (χ0) is 44.9. The lowest BCUT2D eigenvalue weighted by Crippen LogP contribution is -2.14. The van der Waals surface area contributed by atoms with E-state index in [4.69, 9.17) is 9.47 Å². The summed E-state index contributed by atoms with van der Waals surface area (Å²) in [6.07, 6.45) is 50.1. The molecule has 61 heavy (non-hydrogen) atoms. The Balaban J connectivity index is 4.22. The van der Waals surface area contributed by atoms with Gasteiger partial charge in [-0.2, -0.15) is 0 Å². The molecule has 0 saturated heterocycles. The minimum absolute atomic E-state index is 0.0613. The molecule has 0 heterocycles. The summed E-state index contributed by atoms with van der Waals surface area (Å²) in [5.41, 5.74) is 0.541. The summed E-state index contributed by atoms with van der Waals surface area (Å²) in [6, 6.07) is 0. The topological polar surface area (TPSA) is 72.9 Å². The van der Waals surface area contributed by atoms with Crippen LogP contribution < -0.4 is 0 Å². The number of carbonyl (C=O) groups excluding carboxylic acids is 3. The summed E-state index contributed by atoms with van der Waals surface area (Å²) in [5.74, 6) is 1.12. The van der Waals surface area contributed by atoms with Gasteiger partial charge in [0.1, 0.15) is 13.2 Å². The van der Waals surface area contributed by atoms with E-state index in [1.54, 1.807) is 0 Å². The van der Waals surface area contributed by atoms with Crippen LogP contribution in [-0.4, -0.2) is 68.5 Å². The van der Waals surface area contributed by atoms with Gasteiger partial charge in [0.25, 0.3) is 0 Å². The summed E-state index contributed by atoms with van der Waals surface area (Å²) in [7, 11) is 3.64. The normalized spacial score (nSPS) is 12.0. The highest BCUT2D eigenvalue weighted by atomic mass is 31.1. The van der Waals surface area contributed by atoms with Crippen LogP contribution >= 0.6 is 7.92 Å². The molecule has 6 nitrogen and oxygen atoms in total. The highest BCUT2D eigenvalue weighted by Crippen LogP contribution is 2.41. The summed E-state index contributed by atoms with van der Waals surface area (Å²) in [5, 5.41) is 0. The van der Waals surface area contributed by atoms with E-state index in [1.807, 2.05) is 0 Å². The van der Waals surface area contributed by atoms with Crippen molar-refractivity contribution in [3.8, 4) is 0 Å². The van der Waals surface area contributed by atoms with Crippen molar-refractivity contribution in [1.82, 2.24) is 4.90 Å². The number of hydrogen-bond acceptors (Lipinski definition) is 6. The fourth-order valence-electron chi connectivity index (χ4n) is 8.20. The Morgan fingerprint density at radius 3 is 1.13 bits per heavy atom. The molecule has 358 valence electrons. The third-order valence-electron chi connectivity index (χ3n) is 12.2. The maximum atomic E-state index is 13.3. The molecule has 0 fully saturated rings. The lowest BCUT2D eigenvalue weighted by atomic mass is 9.94. The van der Waals surface area contributed by atoms with Crippen molar-refractivity contribution in [3.05, 3.63) is 24.3 Å². The smallest absolute Gasteiger partial charge is 0.306 e. The molecule has 0 amide bonds. The minimum atomic E-state index is -0.534. The maximum Gasteiger partial charge on any atom is 0.306 e. The van der Waals surface area contributed by atoms with Crippen molar-refractivity contribution in [2.24, 2.45) is 11.8 Å². The number of hydrogen-bond donors (Lipinski definition) is 0. The lowest BCUT2D eigenvalue weighted by Gasteiger charge is -2.17. The van der Waals surface area contributed by atoms with Gasteiger partial charge in [-0.15, -0.1) is 0 Å². The maximum absolute atomic E-state index is 13.3. The van der Waals surface area contributed by atoms with Gasteiger partial charge in [0.15, 0.2) is 5.52 Å². The Morgan fingerprint density at radius 2 is 0.787 bits per heavy atom. The average Bonchev–Trinajstić information content (AvgIpc) is 3.24. The Bertz CT molecular complexity index is 956. The van der Waals surface area contributed by atoms with Gasteiger partial charge in [0, 0.05) is 19.3 Å². The summed E-state index contributed by atoms with van der Waals surface area (Å²) < 4.78 is 11.0.